The minimum absolute atomic E-state index is 0.0613. The number of ketones is 1. The molecule has 0 spiro atoms. The third-order valence-electron chi connectivity index (χ3n) is 5.11. The lowest BCUT2D eigenvalue weighted by Crippen LogP contribution is -2.46. The molecule has 9 heteroatoms. The van der Waals surface area contributed by atoms with E-state index >= 15 is 0 Å². The van der Waals surface area contributed by atoms with Crippen LogP contribution in [0.3, 0.4) is 0 Å². The number of carbonyl (C=O) groups excluding carboxylic acids is 3. The predicted molar refractivity (Wildman–Crippen MR) is 108 cm³/mol. The Kier molecular flexibility index (Phi) is 5.55. The number of para-hydroxylation sites is 1. The van der Waals surface area contributed by atoms with E-state index in [0.29, 0.717) is 11.3 Å². The van der Waals surface area contributed by atoms with Gasteiger partial charge in [-0.2, -0.15) is 0 Å². The summed E-state index contributed by atoms with van der Waals surface area (Å²) in [6, 6.07) is 10.5. The zero-order valence-corrected chi connectivity index (χ0v) is 16.8. The molecular formula is C21H21N3O6. The van der Waals surface area contributed by atoms with Crippen LogP contribution in [0, 0.1) is 17.0 Å². The zero-order valence-electron chi connectivity index (χ0n) is 16.8. The van der Waals surface area contributed by atoms with E-state index in [2.05, 4.69) is 5.32 Å². The first-order valence-electron chi connectivity index (χ1n) is 9.20. The number of hydrogen-bond acceptors (Lipinski definition) is 6. The van der Waals surface area contributed by atoms with Crippen molar-refractivity contribution in [2.45, 2.75) is 25.8 Å². The summed E-state index contributed by atoms with van der Waals surface area (Å²) in [7, 11) is 1.52. The Bertz CT molecular complexity index is 1050. The van der Waals surface area contributed by atoms with Crippen molar-refractivity contribution in [3.05, 3.63) is 69.3 Å². The van der Waals surface area contributed by atoms with E-state index in [-0.39, 0.29) is 17.7 Å². The maximum Gasteiger partial charge on any atom is 0.325 e. The highest BCUT2D eigenvalue weighted by Crippen LogP contribution is 2.28. The fraction of sp³-hybridized carbons (Fsp3) is 0.286. The molecule has 0 aliphatic carbocycles. The fourth-order valence-corrected chi connectivity index (χ4v) is 3.45. The number of hydrogen-bond donors (Lipinski definition) is 1. The van der Waals surface area contributed by atoms with Crippen molar-refractivity contribution in [1.29, 1.82) is 0 Å². The molecule has 1 fully saturated rings. The molecular weight excluding hydrogens is 390 g/mol. The van der Waals surface area contributed by atoms with Crippen LogP contribution in [0.25, 0.3) is 0 Å². The number of nitrogens with one attached hydrogen (secondary N) is 1. The van der Waals surface area contributed by atoms with Gasteiger partial charge in [0, 0.05) is 23.6 Å². The third-order valence-corrected chi connectivity index (χ3v) is 5.11. The van der Waals surface area contributed by atoms with Gasteiger partial charge in [0.15, 0.2) is 5.78 Å². The van der Waals surface area contributed by atoms with Gasteiger partial charge in [-0.05, 0) is 25.5 Å². The molecule has 1 N–H and O–H groups in total. The molecule has 1 aliphatic heterocycles. The molecule has 3 rings (SSSR count). The molecule has 0 bridgehead atoms. The van der Waals surface area contributed by atoms with Gasteiger partial charge in [-0.15, -0.1) is 0 Å². The molecule has 1 heterocycles. The van der Waals surface area contributed by atoms with Gasteiger partial charge >= 0.3 is 6.03 Å². The minimum atomic E-state index is -1.24. The van der Waals surface area contributed by atoms with Gasteiger partial charge < -0.3 is 10.1 Å². The van der Waals surface area contributed by atoms with Crippen molar-refractivity contribution >= 4 is 23.4 Å². The van der Waals surface area contributed by atoms with Gasteiger partial charge in [-0.1, -0.05) is 30.3 Å². The Morgan fingerprint density at radius 3 is 2.60 bits per heavy atom. The molecule has 1 saturated heterocycles. The largest absolute Gasteiger partial charge is 0.496 e. The molecule has 9 nitrogen and oxygen atoms in total. The van der Waals surface area contributed by atoms with Crippen LogP contribution >= 0.6 is 0 Å². The second-order valence-corrected chi connectivity index (χ2v) is 7.32. The van der Waals surface area contributed by atoms with Gasteiger partial charge in [0.05, 0.1) is 18.6 Å². The maximum atomic E-state index is 13.0. The summed E-state index contributed by atoms with van der Waals surface area (Å²) in [4.78, 5) is 49.4. The van der Waals surface area contributed by atoms with Gasteiger partial charge in [-0.3, -0.25) is 24.6 Å². The summed E-state index contributed by atoms with van der Waals surface area (Å²) in [5, 5.41) is 13.8. The predicted octanol–water partition coefficient (Wildman–Crippen LogP) is 2.65. The quantitative estimate of drug-likeness (QED) is 0.324. The molecule has 0 unspecified atom stereocenters. The number of imide groups is 1. The first-order chi connectivity index (χ1) is 14.2. The van der Waals surface area contributed by atoms with Crippen molar-refractivity contribution in [2.75, 3.05) is 13.7 Å². The van der Waals surface area contributed by atoms with Gasteiger partial charge in [-0.25, -0.2) is 4.79 Å². The van der Waals surface area contributed by atoms with Crippen molar-refractivity contribution in [3.63, 3.8) is 0 Å². The van der Waals surface area contributed by atoms with E-state index in [9.17, 15) is 24.5 Å². The Morgan fingerprint density at radius 1 is 1.23 bits per heavy atom. The summed E-state index contributed by atoms with van der Waals surface area (Å²) in [5.41, 5.74) is -0.231. The van der Waals surface area contributed by atoms with Crippen LogP contribution in [0.15, 0.2) is 42.5 Å². The molecule has 1 aliphatic rings. The summed E-state index contributed by atoms with van der Waals surface area (Å²) in [6.07, 6.45) is 0.183. The van der Waals surface area contributed by atoms with Crippen LogP contribution in [0.1, 0.15) is 28.4 Å². The van der Waals surface area contributed by atoms with Crippen molar-refractivity contribution in [2.24, 2.45) is 0 Å². The number of urea groups is 1. The number of nitro benzene ring substituents is 1. The minimum Gasteiger partial charge on any atom is -0.496 e. The number of benzene rings is 2. The van der Waals surface area contributed by atoms with Crippen molar-refractivity contribution in [3.8, 4) is 5.75 Å². The second-order valence-electron chi connectivity index (χ2n) is 7.32. The van der Waals surface area contributed by atoms with E-state index in [4.69, 9.17) is 4.74 Å². The molecule has 1 atom stereocenters. The lowest BCUT2D eigenvalue weighted by molar-refractivity contribution is -0.385. The second kappa shape index (κ2) is 7.94. The van der Waals surface area contributed by atoms with Crippen LogP contribution in [0.4, 0.5) is 10.5 Å². The molecule has 0 saturated carbocycles. The Hall–Kier alpha value is -3.75. The number of methoxy groups -OCH3 is 1. The van der Waals surface area contributed by atoms with Crippen LogP contribution in [-0.2, 0) is 11.2 Å². The van der Waals surface area contributed by atoms with E-state index in [1.165, 1.54) is 19.2 Å². The highest BCUT2D eigenvalue weighted by Gasteiger charge is 2.48. The number of carbonyl (C=O) groups is 3. The fourth-order valence-electron chi connectivity index (χ4n) is 3.45. The first kappa shape index (κ1) is 21.0. The molecule has 0 aromatic heterocycles. The Balaban J connectivity index is 1.80. The van der Waals surface area contributed by atoms with Crippen LogP contribution in [-0.4, -0.2) is 46.7 Å². The number of nitro groups is 1. The number of rotatable bonds is 7. The molecule has 0 radical (unpaired) electrons. The summed E-state index contributed by atoms with van der Waals surface area (Å²) < 4.78 is 5.31. The summed E-state index contributed by atoms with van der Waals surface area (Å²) >= 11 is 0. The van der Waals surface area contributed by atoms with Gasteiger partial charge in [0.25, 0.3) is 11.6 Å². The number of nitrogens with zero attached hydrogens (tertiary/aromatic N) is 2. The molecule has 2 aromatic carbocycles. The highest BCUT2D eigenvalue weighted by molar-refractivity contribution is 6.11. The number of amides is 3. The van der Waals surface area contributed by atoms with Crippen LogP contribution in [0.2, 0.25) is 0 Å². The van der Waals surface area contributed by atoms with E-state index in [1.54, 1.807) is 38.1 Å². The molecule has 30 heavy (non-hydrogen) atoms. The van der Waals surface area contributed by atoms with Gasteiger partial charge in [0.1, 0.15) is 11.3 Å². The average molecular weight is 411 g/mol. The van der Waals surface area contributed by atoms with Gasteiger partial charge in [0.2, 0.25) is 0 Å². The topological polar surface area (TPSA) is 119 Å². The average Bonchev–Trinajstić information content (AvgIpc) is 2.91. The molecule has 3 amide bonds. The van der Waals surface area contributed by atoms with Crippen LogP contribution < -0.4 is 10.1 Å². The maximum absolute atomic E-state index is 13.0. The highest BCUT2D eigenvalue weighted by atomic mass is 16.6. The first-order valence-corrected chi connectivity index (χ1v) is 9.20. The monoisotopic (exact) mass is 411 g/mol. The smallest absolute Gasteiger partial charge is 0.325 e. The Morgan fingerprint density at radius 2 is 1.93 bits per heavy atom. The lowest BCUT2D eigenvalue weighted by atomic mass is 9.92. The van der Waals surface area contributed by atoms with Crippen LogP contribution in [0.5, 0.6) is 5.75 Å². The van der Waals surface area contributed by atoms with Crippen molar-refractivity contribution < 1.29 is 24.0 Å². The number of Topliss-reactive ketones (excluding diaryl/α,β-unsaturated/α-hetero) is 1. The lowest BCUT2D eigenvalue weighted by Gasteiger charge is -2.22. The van der Waals surface area contributed by atoms with E-state index in [1.807, 2.05) is 0 Å². The SMILES string of the molecule is COc1ccccc1C[C@]1(C)NC(=O)N(CC(=O)c2ccc(C)c([N+](=O)[O-])c2)C1=O. The third kappa shape index (κ3) is 3.86. The van der Waals surface area contributed by atoms with E-state index in [0.717, 1.165) is 16.5 Å². The molecule has 156 valence electrons. The summed E-state index contributed by atoms with van der Waals surface area (Å²) in [5.74, 6) is -0.529. The normalized spacial score (nSPS) is 18.3. The van der Waals surface area contributed by atoms with E-state index < -0.39 is 34.7 Å². The standard InChI is InChI=1S/C21H21N3O6/c1-13-8-9-14(10-16(13)24(28)29)17(25)12-23-19(26)21(2,22-20(23)27)11-15-6-4-5-7-18(15)30-3/h4-10H,11-12H2,1-3H3,(H,22,27)/t21-/m0/s1. The number of ether oxygens (including phenoxy) is 1. The van der Waals surface area contributed by atoms with Crippen molar-refractivity contribution in [1.82, 2.24) is 10.2 Å². The zero-order chi connectivity index (χ0) is 22.1. The molecule has 2 aromatic rings. The summed E-state index contributed by atoms with van der Waals surface area (Å²) in [6.45, 7) is 2.64. The Labute approximate surface area is 172 Å². The number of aryl methyl sites for hydroxylation is 1.